The number of nitrogens with two attached hydrogens (primary N) is 1. The fraction of sp³-hybridized carbons (Fsp3) is 0.717. The van der Waals surface area contributed by atoms with Crippen molar-refractivity contribution in [1.82, 2.24) is 24.4 Å². The van der Waals surface area contributed by atoms with Gasteiger partial charge >= 0.3 is 11.9 Å². The minimum absolute atomic E-state index is 0.100. The molecule has 0 aliphatic carbocycles. The Bertz CT molecular complexity index is 2530. The number of pyridine rings is 2. The molecule has 0 radical (unpaired) electrons. The van der Waals surface area contributed by atoms with E-state index in [1.54, 1.807) is 65.5 Å². The summed E-state index contributed by atoms with van der Waals surface area (Å²) >= 11 is 3.34. The summed E-state index contributed by atoms with van der Waals surface area (Å²) in [5.41, 5.74) is 4.07. The number of aromatic nitrogens is 4. The summed E-state index contributed by atoms with van der Waals surface area (Å²) in [5.74, 6) is -5.30. The van der Waals surface area contributed by atoms with Gasteiger partial charge in [0.05, 0.1) is 58.9 Å². The summed E-state index contributed by atoms with van der Waals surface area (Å²) in [4.78, 5) is 72.7. The van der Waals surface area contributed by atoms with E-state index in [1.807, 2.05) is 73.8 Å². The van der Waals surface area contributed by atoms with E-state index in [0.29, 0.717) is 41.9 Å². The number of imidazole rings is 1. The summed E-state index contributed by atoms with van der Waals surface area (Å²) in [7, 11) is 6.81. The van der Waals surface area contributed by atoms with E-state index >= 15 is 4.79 Å². The number of hydrogen-bond donors (Lipinski definition) is 4. The summed E-state index contributed by atoms with van der Waals surface area (Å²) in [6, 6.07) is 3.02. The summed E-state index contributed by atoms with van der Waals surface area (Å²) < 4.78 is 52.3. The first kappa shape index (κ1) is 60.0. The lowest BCUT2D eigenvalue weighted by atomic mass is 9.72. The van der Waals surface area contributed by atoms with Crippen LogP contribution in [0, 0.1) is 29.6 Å². The van der Waals surface area contributed by atoms with Crippen LogP contribution in [0.3, 0.4) is 0 Å². The number of Topliss-reactive ketones (excluding diaryl/α,β-unsaturated/α-hetero) is 1. The predicted molar refractivity (Wildman–Crippen MR) is 291 cm³/mol. The number of amides is 1. The van der Waals surface area contributed by atoms with Crippen LogP contribution < -0.4 is 11.1 Å². The van der Waals surface area contributed by atoms with Crippen molar-refractivity contribution in [2.75, 3.05) is 45.1 Å². The number of thioether (sulfide) groups is 1. The number of fused-ring (bicyclic) bond motifs is 2. The number of likely N-dealkylation sites (N-methyl/N-ethyl adjacent to an activating group) is 1. The number of nitrogen functional groups attached to an aromatic ring is 1. The van der Waals surface area contributed by atoms with Crippen LogP contribution in [0.15, 0.2) is 37.1 Å². The van der Waals surface area contributed by atoms with Gasteiger partial charge in [0, 0.05) is 81.2 Å². The van der Waals surface area contributed by atoms with Gasteiger partial charge in [-0.3, -0.25) is 24.2 Å². The van der Waals surface area contributed by atoms with Crippen molar-refractivity contribution in [2.24, 2.45) is 29.6 Å². The number of methoxy groups -OCH3 is 2. The first-order chi connectivity index (χ1) is 35.8. The summed E-state index contributed by atoms with van der Waals surface area (Å²) in [6.45, 7) is 16.5. The number of aryl methyl sites for hydroxylation is 1. The number of anilines is 2. The number of esters is 2. The Morgan fingerprint density at radius 3 is 2.30 bits per heavy atom. The highest BCUT2D eigenvalue weighted by atomic mass is 127. The van der Waals surface area contributed by atoms with Crippen molar-refractivity contribution in [3.63, 3.8) is 0 Å². The number of aliphatic hydroxyl groups is 2. The van der Waals surface area contributed by atoms with Crippen LogP contribution in [-0.4, -0.2) is 174 Å². The number of nitrogens with zero attached hydrogens (tertiary/aromatic N) is 5. The highest BCUT2D eigenvalue weighted by Gasteiger charge is 2.62. The zero-order chi connectivity index (χ0) is 55.8. The Balaban J connectivity index is 1.20. The Hall–Kier alpha value is -3.63. The summed E-state index contributed by atoms with van der Waals surface area (Å²) in [5, 5.41) is 25.0. The molecule has 3 aromatic heterocycles. The van der Waals surface area contributed by atoms with Gasteiger partial charge in [0.1, 0.15) is 28.8 Å². The minimum atomic E-state index is -1.48. The third-order valence-electron chi connectivity index (χ3n) is 16.4. The zero-order valence-corrected chi connectivity index (χ0v) is 48.8. The molecule has 3 aromatic rings. The van der Waals surface area contributed by atoms with Gasteiger partial charge < -0.3 is 68.6 Å². The molecular formula is C53H78IN7O14S. The number of carbonyl (C=O) groups excluding carboxylic acids is 4. The fourth-order valence-electron chi connectivity index (χ4n) is 11.8. The molecular weight excluding hydrogens is 1120 g/mol. The molecule has 0 bridgehead atoms. The van der Waals surface area contributed by atoms with Crippen molar-refractivity contribution >= 4 is 80.5 Å². The number of hydrogen-bond acceptors (Lipinski definition) is 20. The van der Waals surface area contributed by atoms with Crippen LogP contribution in [0.25, 0.3) is 11.0 Å². The van der Waals surface area contributed by atoms with Crippen LogP contribution in [-0.2, 0) is 58.8 Å². The normalized spacial score (nSPS) is 38.8. The van der Waals surface area contributed by atoms with E-state index in [-0.39, 0.29) is 42.2 Å². The lowest BCUT2D eigenvalue weighted by Crippen LogP contribution is -2.61. The molecule has 0 aromatic carbocycles. The minimum Gasteiger partial charge on any atom is -0.453 e. The fourth-order valence-corrected chi connectivity index (χ4v) is 14.1. The lowest BCUT2D eigenvalue weighted by Gasteiger charge is -2.49. The molecule has 4 fully saturated rings. The number of cyclic esters (lactones) is 1. The number of ketones is 1. The molecule has 21 nitrogen and oxygen atoms in total. The van der Waals surface area contributed by atoms with E-state index in [0.717, 1.165) is 0 Å². The predicted octanol–water partition coefficient (Wildman–Crippen LogP) is 5.41. The first-order valence-electron chi connectivity index (χ1n) is 26.1. The molecule has 0 saturated carbocycles. The topological polar surface area (TPSA) is 267 Å². The van der Waals surface area contributed by atoms with Gasteiger partial charge in [-0.15, -0.1) is 11.8 Å². The van der Waals surface area contributed by atoms with Gasteiger partial charge in [-0.1, -0.05) is 20.8 Å². The maximum Gasteiger partial charge on any atom is 0.320 e. The molecule has 4 saturated heterocycles. The van der Waals surface area contributed by atoms with E-state index in [1.165, 1.54) is 32.2 Å². The van der Waals surface area contributed by atoms with Crippen molar-refractivity contribution in [1.29, 1.82) is 0 Å². The monoisotopic (exact) mass is 1200 g/mol. The second-order valence-electron chi connectivity index (χ2n) is 22.0. The number of carbonyl (C=O) groups is 4. The number of nitrogens with one attached hydrogen (secondary N) is 1. The molecule has 7 heterocycles. The largest absolute Gasteiger partial charge is 0.453 e. The van der Waals surface area contributed by atoms with Gasteiger partial charge in [0.2, 0.25) is 0 Å². The molecule has 7 rings (SSSR count). The molecule has 1 amide bonds. The molecule has 422 valence electrons. The quantitative estimate of drug-likeness (QED) is 0.0680. The molecule has 5 N–H and O–H groups in total. The molecule has 23 heteroatoms. The van der Waals surface area contributed by atoms with E-state index in [2.05, 4.69) is 20.3 Å². The maximum absolute atomic E-state index is 15.2. The van der Waals surface area contributed by atoms with Crippen LogP contribution in [0.2, 0.25) is 0 Å². The lowest BCUT2D eigenvalue weighted by molar-refractivity contribution is -0.319. The van der Waals surface area contributed by atoms with Gasteiger partial charge in [0.25, 0.3) is 5.91 Å². The van der Waals surface area contributed by atoms with Gasteiger partial charge in [0.15, 0.2) is 28.1 Å². The summed E-state index contributed by atoms with van der Waals surface area (Å²) in [6.07, 6.45) is 0.124. The van der Waals surface area contributed by atoms with Gasteiger partial charge in [-0.25, -0.2) is 9.97 Å². The Kier molecular flexibility index (Phi) is 19.3. The highest BCUT2D eigenvalue weighted by Crippen LogP contribution is 2.50. The van der Waals surface area contributed by atoms with Crippen molar-refractivity contribution < 1.29 is 67.3 Å². The van der Waals surface area contributed by atoms with Crippen LogP contribution in [0.1, 0.15) is 98.4 Å². The average molecular weight is 1200 g/mol. The number of halogens is 1. The maximum atomic E-state index is 15.2. The molecule has 0 unspecified atom stereocenters. The smallest absolute Gasteiger partial charge is 0.320 e. The average Bonchev–Trinajstić information content (AvgIpc) is 3.93. The number of ether oxygens (including phenoxy) is 8. The molecule has 19 atom stereocenters. The van der Waals surface area contributed by atoms with Crippen LogP contribution in [0.4, 0.5) is 11.5 Å². The zero-order valence-electron chi connectivity index (χ0n) is 45.8. The molecule has 4 aliphatic heterocycles. The third-order valence-corrected chi connectivity index (χ3v) is 19.2. The Morgan fingerprint density at radius 2 is 1.64 bits per heavy atom. The standard InChI is InChI=1S/C53H78IN7O14S/c1-26-22-52(8,69-13)44(73-49-40(63)34(60(10)11)21-27(2)70-49)29(4)41(72-35-23-51(7,68-12)43(64)31(6)71-35)30(5)47(66)74-50(54)53(9)36(28(3)39(26)62)42(48(67)75-53)76-20-14-19-61-25-58-37-38(61)33(24-57-45(37)55)46(65)59-32-15-17-56-18-16-32/h15-18,24-31,34-36,40-44,49-50,63-64H,14,19-23H2,1-13H3,(H2,55,57)(H,56,59,65)/t26-,27-,28-,29+,30-,31+,34+,35+,36+,40-,41+,42+,43+,44-,49+,50+,51-,52-,53+/m1/s1. The van der Waals surface area contributed by atoms with Crippen molar-refractivity contribution in [3.8, 4) is 0 Å². The highest BCUT2D eigenvalue weighted by molar-refractivity contribution is 14.1. The number of aliphatic hydroxyl groups excluding tert-OH is 2. The van der Waals surface area contributed by atoms with Gasteiger partial charge in [-0.2, -0.15) is 0 Å². The number of alkyl halides is 1. The number of rotatable bonds is 14. The third kappa shape index (κ3) is 12.2. The van der Waals surface area contributed by atoms with Crippen LogP contribution >= 0.6 is 34.4 Å². The molecule has 4 aliphatic rings. The van der Waals surface area contributed by atoms with Crippen molar-refractivity contribution in [2.45, 2.75) is 176 Å². The molecule has 0 spiro atoms. The second kappa shape index (κ2) is 24.4. The SMILES string of the molecule is CO[C@]1(C)C[C@@H](C)C(=O)[C@H](C)[C@H]2[C@H](SCCCn3cnc4c(N)ncc(C(=O)Nc5ccncc5)c43)C(=O)O[C@]2(C)[C@@H](I)OC(=O)[C@H](C)[C@@H](O[C@H]2C[C@@](C)(OC)[C@@H](O)[C@H](C)O2)[C@H](C)[C@H]1O[C@@H]1O[C@H](C)C[C@H](N(C)C)[C@H]1O. The first-order valence-corrected chi connectivity index (χ1v) is 28.4. The van der Waals surface area contributed by atoms with Gasteiger partial charge in [-0.05, 0) is 115 Å². The Morgan fingerprint density at radius 1 is 0.961 bits per heavy atom. The van der Waals surface area contributed by atoms with E-state index in [9.17, 15) is 24.6 Å². The molecule has 76 heavy (non-hydrogen) atoms. The Labute approximate surface area is 463 Å². The van der Waals surface area contributed by atoms with Crippen molar-refractivity contribution in [3.05, 3.63) is 42.6 Å². The van der Waals surface area contributed by atoms with E-state index < -0.39 is 117 Å². The van der Waals surface area contributed by atoms with Crippen LogP contribution in [0.5, 0.6) is 0 Å². The second-order valence-corrected chi connectivity index (χ2v) is 24.4. The van der Waals surface area contributed by atoms with E-state index in [4.69, 9.17) is 43.6 Å².